The molecule has 0 saturated heterocycles. The van der Waals surface area contributed by atoms with Crippen LogP contribution in [0, 0.1) is 0 Å². The van der Waals surface area contributed by atoms with E-state index < -0.39 is 0 Å². The van der Waals surface area contributed by atoms with Crippen molar-refractivity contribution in [3.8, 4) is 0 Å². The van der Waals surface area contributed by atoms with Gasteiger partial charge in [-0.25, -0.2) is 0 Å². The Morgan fingerprint density at radius 1 is 1.47 bits per heavy atom. The molecule has 17 heavy (non-hydrogen) atoms. The van der Waals surface area contributed by atoms with E-state index in [0.717, 1.165) is 0 Å². The second-order valence-corrected chi connectivity index (χ2v) is 4.00. The molecule has 0 unspecified atom stereocenters. The van der Waals surface area contributed by atoms with Crippen molar-refractivity contribution in [2.45, 2.75) is 0 Å². The Labute approximate surface area is 110 Å². The van der Waals surface area contributed by atoms with E-state index in [9.17, 15) is 4.79 Å². The van der Waals surface area contributed by atoms with Crippen LogP contribution in [0.5, 0.6) is 0 Å². The van der Waals surface area contributed by atoms with Crippen LogP contribution in [0.3, 0.4) is 0 Å². The van der Waals surface area contributed by atoms with E-state index in [2.05, 4.69) is 10.6 Å². The van der Waals surface area contributed by atoms with Gasteiger partial charge in [0.2, 0.25) is 0 Å². The molecule has 0 saturated carbocycles. The number of hydrogen-bond acceptors (Lipinski definition) is 3. The molecule has 0 aliphatic heterocycles. The lowest BCUT2D eigenvalue weighted by atomic mass is 10.2. The van der Waals surface area contributed by atoms with Crippen LogP contribution in [0.15, 0.2) is 24.3 Å². The number of rotatable bonds is 4. The standard InChI is InChI=1S/C11H13ClN2O2S/c1-16-7-6-13-11(17)14-10(15)8-4-2-3-5-9(8)12/h2-5H,6-7H2,1H3,(H2,13,14,15,17). The normalized spacial score (nSPS) is 9.76. The van der Waals surface area contributed by atoms with Gasteiger partial charge in [-0.1, -0.05) is 23.7 Å². The maximum Gasteiger partial charge on any atom is 0.258 e. The predicted octanol–water partition coefficient (Wildman–Crippen LogP) is 1.59. The summed E-state index contributed by atoms with van der Waals surface area (Å²) in [7, 11) is 1.59. The molecule has 1 aromatic rings. The average Bonchev–Trinajstić information content (AvgIpc) is 2.29. The third kappa shape index (κ3) is 4.68. The number of thiocarbonyl (C=S) groups is 1. The molecule has 4 nitrogen and oxygen atoms in total. The van der Waals surface area contributed by atoms with Gasteiger partial charge in [-0.05, 0) is 24.4 Å². The first-order valence-corrected chi connectivity index (χ1v) is 5.76. The summed E-state index contributed by atoms with van der Waals surface area (Å²) in [5.41, 5.74) is 0.394. The molecule has 6 heteroatoms. The Morgan fingerprint density at radius 3 is 2.82 bits per heavy atom. The minimum Gasteiger partial charge on any atom is -0.383 e. The fourth-order valence-corrected chi connectivity index (χ4v) is 1.54. The monoisotopic (exact) mass is 272 g/mol. The smallest absolute Gasteiger partial charge is 0.258 e. The third-order valence-electron chi connectivity index (χ3n) is 1.94. The van der Waals surface area contributed by atoms with Crippen LogP contribution in [0.4, 0.5) is 0 Å². The topological polar surface area (TPSA) is 50.4 Å². The number of carbonyl (C=O) groups is 1. The van der Waals surface area contributed by atoms with Gasteiger partial charge >= 0.3 is 0 Å². The van der Waals surface area contributed by atoms with E-state index in [-0.39, 0.29) is 11.0 Å². The number of carbonyl (C=O) groups excluding carboxylic acids is 1. The molecule has 1 aromatic carbocycles. The van der Waals surface area contributed by atoms with Crippen molar-refractivity contribution in [3.05, 3.63) is 34.9 Å². The van der Waals surface area contributed by atoms with Gasteiger partial charge in [0, 0.05) is 13.7 Å². The third-order valence-corrected chi connectivity index (χ3v) is 2.51. The number of halogens is 1. The molecule has 2 N–H and O–H groups in total. The van der Waals surface area contributed by atoms with Crippen LogP contribution in [0.25, 0.3) is 0 Å². The lowest BCUT2D eigenvalue weighted by molar-refractivity contribution is 0.0976. The molecule has 1 amide bonds. The summed E-state index contributed by atoms with van der Waals surface area (Å²) in [5.74, 6) is -0.328. The van der Waals surface area contributed by atoms with E-state index in [0.29, 0.717) is 23.7 Å². The van der Waals surface area contributed by atoms with E-state index in [1.54, 1.807) is 31.4 Å². The van der Waals surface area contributed by atoms with Crippen LogP contribution in [-0.2, 0) is 4.74 Å². The summed E-state index contributed by atoms with van der Waals surface area (Å²) in [6, 6.07) is 6.78. The van der Waals surface area contributed by atoms with Crippen LogP contribution < -0.4 is 10.6 Å². The number of benzene rings is 1. The van der Waals surface area contributed by atoms with Gasteiger partial charge in [0.25, 0.3) is 5.91 Å². The van der Waals surface area contributed by atoms with Gasteiger partial charge in [-0.3, -0.25) is 10.1 Å². The number of ether oxygens (including phenoxy) is 1. The lowest BCUT2D eigenvalue weighted by Gasteiger charge is -2.09. The Morgan fingerprint density at radius 2 is 2.18 bits per heavy atom. The number of amides is 1. The Kier molecular flexibility index (Phi) is 5.90. The van der Waals surface area contributed by atoms with Crippen molar-refractivity contribution in [2.75, 3.05) is 20.3 Å². The van der Waals surface area contributed by atoms with Crippen LogP contribution in [0.1, 0.15) is 10.4 Å². The highest BCUT2D eigenvalue weighted by Gasteiger charge is 2.10. The van der Waals surface area contributed by atoms with Crippen molar-refractivity contribution in [1.82, 2.24) is 10.6 Å². The molecular weight excluding hydrogens is 260 g/mol. The first-order chi connectivity index (χ1) is 8.15. The summed E-state index contributed by atoms with van der Waals surface area (Å²) >= 11 is 10.8. The summed E-state index contributed by atoms with van der Waals surface area (Å²) in [5, 5.41) is 6.02. The molecule has 92 valence electrons. The molecule has 1 rings (SSSR count). The van der Waals surface area contributed by atoms with Gasteiger partial charge in [-0.2, -0.15) is 0 Å². The fourth-order valence-electron chi connectivity index (χ4n) is 1.13. The van der Waals surface area contributed by atoms with Crippen LogP contribution in [-0.4, -0.2) is 31.3 Å². The molecule has 0 radical (unpaired) electrons. The van der Waals surface area contributed by atoms with Gasteiger partial charge < -0.3 is 10.1 Å². The number of methoxy groups -OCH3 is 1. The minimum atomic E-state index is -0.328. The zero-order valence-corrected chi connectivity index (χ0v) is 10.9. The number of hydrogen-bond donors (Lipinski definition) is 2. The van der Waals surface area contributed by atoms with E-state index >= 15 is 0 Å². The average molecular weight is 273 g/mol. The Balaban J connectivity index is 2.49. The largest absolute Gasteiger partial charge is 0.383 e. The maximum atomic E-state index is 11.8. The van der Waals surface area contributed by atoms with Gasteiger partial charge in [0.15, 0.2) is 5.11 Å². The first-order valence-electron chi connectivity index (χ1n) is 4.98. The summed E-state index contributed by atoms with van der Waals surface area (Å²) in [4.78, 5) is 11.8. The Bertz CT molecular complexity index is 412. The molecule has 0 heterocycles. The molecule has 0 aliphatic rings. The van der Waals surface area contributed by atoms with Gasteiger partial charge in [0.1, 0.15) is 0 Å². The minimum absolute atomic E-state index is 0.256. The maximum absolute atomic E-state index is 11.8. The van der Waals surface area contributed by atoms with Crippen molar-refractivity contribution in [2.24, 2.45) is 0 Å². The van der Waals surface area contributed by atoms with Crippen molar-refractivity contribution in [1.29, 1.82) is 0 Å². The lowest BCUT2D eigenvalue weighted by Crippen LogP contribution is -2.40. The van der Waals surface area contributed by atoms with Crippen molar-refractivity contribution in [3.63, 3.8) is 0 Å². The quantitative estimate of drug-likeness (QED) is 0.646. The fraction of sp³-hybridized carbons (Fsp3) is 0.273. The molecule has 0 bridgehead atoms. The van der Waals surface area contributed by atoms with Crippen LogP contribution in [0.2, 0.25) is 5.02 Å². The zero-order chi connectivity index (χ0) is 12.7. The molecular formula is C11H13ClN2O2S. The SMILES string of the molecule is COCCNC(=S)NC(=O)c1ccccc1Cl. The molecule has 0 fully saturated rings. The second-order valence-electron chi connectivity index (χ2n) is 3.18. The molecule has 0 spiro atoms. The summed E-state index contributed by atoms with van der Waals surface area (Å²) < 4.78 is 4.85. The van der Waals surface area contributed by atoms with Gasteiger partial charge in [0.05, 0.1) is 17.2 Å². The van der Waals surface area contributed by atoms with E-state index in [1.807, 2.05) is 0 Å². The first kappa shape index (κ1) is 13.9. The van der Waals surface area contributed by atoms with Crippen molar-refractivity contribution < 1.29 is 9.53 Å². The highest BCUT2D eigenvalue weighted by molar-refractivity contribution is 7.80. The van der Waals surface area contributed by atoms with E-state index in [4.69, 9.17) is 28.6 Å². The second kappa shape index (κ2) is 7.21. The number of nitrogens with one attached hydrogen (secondary N) is 2. The van der Waals surface area contributed by atoms with E-state index in [1.165, 1.54) is 0 Å². The highest BCUT2D eigenvalue weighted by atomic mass is 35.5. The summed E-state index contributed by atoms with van der Waals surface area (Å²) in [6.07, 6.45) is 0. The highest BCUT2D eigenvalue weighted by Crippen LogP contribution is 2.14. The molecule has 0 aromatic heterocycles. The Hall–Kier alpha value is -1.17. The van der Waals surface area contributed by atoms with Crippen LogP contribution >= 0.6 is 23.8 Å². The summed E-state index contributed by atoms with van der Waals surface area (Å²) in [6.45, 7) is 1.06. The predicted molar refractivity (Wildman–Crippen MR) is 71.4 cm³/mol. The van der Waals surface area contributed by atoms with Gasteiger partial charge in [-0.15, -0.1) is 0 Å². The molecule has 0 aliphatic carbocycles. The molecule has 0 atom stereocenters. The van der Waals surface area contributed by atoms with Crippen molar-refractivity contribution >= 4 is 34.8 Å². The zero-order valence-electron chi connectivity index (χ0n) is 9.33.